The van der Waals surface area contributed by atoms with Gasteiger partial charge < -0.3 is 10.1 Å². The molecule has 128 valence electrons. The molecule has 4 nitrogen and oxygen atoms in total. The summed E-state index contributed by atoms with van der Waals surface area (Å²) in [4.78, 5) is 0. The summed E-state index contributed by atoms with van der Waals surface area (Å²) in [5.74, 6) is 0.916. The Kier molecular flexibility index (Phi) is 4.79. The fraction of sp³-hybridized carbons (Fsp3) is 0.286. The third kappa shape index (κ3) is 3.74. The molecule has 1 aromatic heterocycles. The number of rotatable bonds is 6. The van der Waals surface area contributed by atoms with E-state index in [1.54, 1.807) is 0 Å². The van der Waals surface area contributed by atoms with Crippen LogP contribution in [0.5, 0.6) is 5.75 Å². The Morgan fingerprint density at radius 1 is 1.00 bits per heavy atom. The van der Waals surface area contributed by atoms with Crippen LogP contribution in [0.4, 0.5) is 0 Å². The van der Waals surface area contributed by atoms with Crippen LogP contribution in [0.1, 0.15) is 23.2 Å². The van der Waals surface area contributed by atoms with Gasteiger partial charge in [0, 0.05) is 36.3 Å². The molecule has 0 saturated carbocycles. The molecule has 0 spiro atoms. The molecule has 2 heterocycles. The molecule has 0 fully saturated rings. The minimum Gasteiger partial charge on any atom is -0.494 e. The summed E-state index contributed by atoms with van der Waals surface area (Å²) in [5, 5.41) is 11.1. The number of aromatic nitrogens is 2. The summed E-state index contributed by atoms with van der Waals surface area (Å²) < 4.78 is 5.87. The van der Waals surface area contributed by atoms with Crippen molar-refractivity contribution in [2.24, 2.45) is 0 Å². The second kappa shape index (κ2) is 7.53. The van der Waals surface area contributed by atoms with Crippen LogP contribution in [0.3, 0.4) is 0 Å². The number of aryl methyl sites for hydroxylation is 1. The molecule has 1 aliphatic rings. The Balaban J connectivity index is 1.33. The summed E-state index contributed by atoms with van der Waals surface area (Å²) in [6, 6.07) is 18.8. The maximum absolute atomic E-state index is 5.87. The van der Waals surface area contributed by atoms with Gasteiger partial charge in [-0.3, -0.25) is 5.10 Å². The standard InChI is InChI=1S/C21H23N3O/c1-2-5-16(6-3-1)7-4-14-25-18-10-8-17(9-11-18)21-19-15-22-13-12-20(19)23-24-21/h1-3,5-6,8-11,22H,4,7,12-15H2,(H,23,24). The maximum Gasteiger partial charge on any atom is 0.119 e. The van der Waals surface area contributed by atoms with Crippen LogP contribution in [0.2, 0.25) is 0 Å². The zero-order valence-corrected chi connectivity index (χ0v) is 14.3. The summed E-state index contributed by atoms with van der Waals surface area (Å²) in [6.45, 7) is 2.64. The molecule has 0 atom stereocenters. The molecule has 0 saturated heterocycles. The van der Waals surface area contributed by atoms with Crippen LogP contribution in [0.15, 0.2) is 54.6 Å². The Bertz CT molecular complexity index is 809. The van der Waals surface area contributed by atoms with Gasteiger partial charge in [-0.15, -0.1) is 0 Å². The zero-order chi connectivity index (χ0) is 16.9. The average Bonchev–Trinajstić information content (AvgIpc) is 3.11. The van der Waals surface area contributed by atoms with Gasteiger partial charge in [-0.25, -0.2) is 0 Å². The Morgan fingerprint density at radius 2 is 1.84 bits per heavy atom. The van der Waals surface area contributed by atoms with Crippen molar-refractivity contribution in [2.45, 2.75) is 25.8 Å². The van der Waals surface area contributed by atoms with Crippen LogP contribution < -0.4 is 10.1 Å². The molecular weight excluding hydrogens is 310 g/mol. The van der Waals surface area contributed by atoms with Gasteiger partial charge in [-0.05, 0) is 42.7 Å². The lowest BCUT2D eigenvalue weighted by molar-refractivity contribution is 0.311. The molecule has 4 rings (SSSR count). The normalized spacial score (nSPS) is 13.4. The fourth-order valence-electron chi connectivity index (χ4n) is 3.28. The third-order valence-corrected chi connectivity index (χ3v) is 4.66. The smallest absolute Gasteiger partial charge is 0.119 e. The van der Waals surface area contributed by atoms with Crippen LogP contribution in [0.25, 0.3) is 11.3 Å². The Labute approximate surface area is 148 Å². The van der Waals surface area contributed by atoms with Crippen molar-refractivity contribution < 1.29 is 4.74 Å². The number of nitrogens with one attached hydrogen (secondary N) is 2. The number of H-pyrrole nitrogens is 1. The van der Waals surface area contributed by atoms with Crippen LogP contribution in [-0.4, -0.2) is 23.3 Å². The first-order valence-corrected chi connectivity index (χ1v) is 8.94. The van der Waals surface area contributed by atoms with Gasteiger partial charge in [0.05, 0.1) is 12.3 Å². The predicted octanol–water partition coefficient (Wildman–Crippen LogP) is 3.73. The molecule has 0 amide bonds. The van der Waals surface area contributed by atoms with Gasteiger partial charge in [0.2, 0.25) is 0 Å². The molecule has 2 N–H and O–H groups in total. The molecule has 25 heavy (non-hydrogen) atoms. The monoisotopic (exact) mass is 333 g/mol. The van der Waals surface area contributed by atoms with Crippen molar-refractivity contribution in [3.63, 3.8) is 0 Å². The quantitative estimate of drug-likeness (QED) is 0.676. The molecular formula is C21H23N3O. The molecule has 3 aromatic rings. The maximum atomic E-state index is 5.87. The summed E-state index contributed by atoms with van der Waals surface area (Å²) in [6.07, 6.45) is 3.08. The van der Waals surface area contributed by atoms with E-state index in [2.05, 4.69) is 51.9 Å². The first-order chi connectivity index (χ1) is 12.4. The minimum atomic E-state index is 0.732. The van der Waals surface area contributed by atoms with Crippen molar-refractivity contribution in [3.05, 3.63) is 71.4 Å². The first kappa shape index (κ1) is 15.9. The lowest BCUT2D eigenvalue weighted by atomic mass is 10.0. The molecule has 0 aliphatic carbocycles. The zero-order valence-electron chi connectivity index (χ0n) is 14.3. The van der Waals surface area contributed by atoms with E-state index in [9.17, 15) is 0 Å². The number of ether oxygens (including phenoxy) is 1. The number of benzene rings is 2. The minimum absolute atomic E-state index is 0.732. The van der Waals surface area contributed by atoms with Crippen molar-refractivity contribution in [2.75, 3.05) is 13.2 Å². The third-order valence-electron chi connectivity index (χ3n) is 4.66. The van der Waals surface area contributed by atoms with Crippen LogP contribution >= 0.6 is 0 Å². The topological polar surface area (TPSA) is 49.9 Å². The molecule has 1 aliphatic heterocycles. The highest BCUT2D eigenvalue weighted by molar-refractivity contribution is 5.65. The summed E-state index contributed by atoms with van der Waals surface area (Å²) in [5.41, 5.74) is 6.10. The van der Waals surface area contributed by atoms with Gasteiger partial charge >= 0.3 is 0 Å². The van der Waals surface area contributed by atoms with E-state index in [-0.39, 0.29) is 0 Å². The van der Waals surface area contributed by atoms with Gasteiger partial charge in [0.25, 0.3) is 0 Å². The molecule has 4 heteroatoms. The van der Waals surface area contributed by atoms with Crippen molar-refractivity contribution in [1.29, 1.82) is 0 Å². The van der Waals surface area contributed by atoms with Crippen LogP contribution in [-0.2, 0) is 19.4 Å². The second-order valence-corrected chi connectivity index (χ2v) is 6.42. The lowest BCUT2D eigenvalue weighted by Gasteiger charge is -2.13. The Hall–Kier alpha value is -2.59. The lowest BCUT2D eigenvalue weighted by Crippen LogP contribution is -2.23. The van der Waals surface area contributed by atoms with Gasteiger partial charge in [-0.2, -0.15) is 5.10 Å². The summed E-state index contributed by atoms with van der Waals surface area (Å²) >= 11 is 0. The number of hydrogen-bond donors (Lipinski definition) is 2. The molecule has 0 bridgehead atoms. The summed E-state index contributed by atoms with van der Waals surface area (Å²) in [7, 11) is 0. The predicted molar refractivity (Wildman–Crippen MR) is 99.7 cm³/mol. The average molecular weight is 333 g/mol. The number of hydrogen-bond acceptors (Lipinski definition) is 3. The highest BCUT2D eigenvalue weighted by Crippen LogP contribution is 2.27. The molecule has 2 aromatic carbocycles. The van der Waals surface area contributed by atoms with E-state index in [0.29, 0.717) is 0 Å². The van der Waals surface area contributed by atoms with E-state index in [4.69, 9.17) is 4.74 Å². The second-order valence-electron chi connectivity index (χ2n) is 6.42. The van der Waals surface area contributed by atoms with Crippen molar-refractivity contribution >= 4 is 0 Å². The largest absolute Gasteiger partial charge is 0.494 e. The Morgan fingerprint density at radius 3 is 2.68 bits per heavy atom. The van der Waals surface area contributed by atoms with Gasteiger partial charge in [0.15, 0.2) is 0 Å². The molecule has 0 radical (unpaired) electrons. The SMILES string of the molecule is c1ccc(CCCOc2ccc(-c3n[nH]c4c3CNCC4)cc2)cc1. The van der Waals surface area contributed by atoms with E-state index >= 15 is 0 Å². The fourth-order valence-corrected chi connectivity index (χ4v) is 3.28. The molecule has 0 unspecified atom stereocenters. The number of aromatic amines is 1. The van der Waals surface area contributed by atoms with Crippen molar-refractivity contribution in [1.82, 2.24) is 15.5 Å². The highest BCUT2D eigenvalue weighted by Gasteiger charge is 2.17. The van der Waals surface area contributed by atoms with Gasteiger partial charge in [-0.1, -0.05) is 30.3 Å². The number of fused-ring (bicyclic) bond motifs is 1. The van der Waals surface area contributed by atoms with Crippen molar-refractivity contribution in [3.8, 4) is 17.0 Å². The number of nitrogens with zero attached hydrogens (tertiary/aromatic N) is 1. The highest BCUT2D eigenvalue weighted by atomic mass is 16.5. The van der Waals surface area contributed by atoms with E-state index in [0.717, 1.165) is 56.0 Å². The van der Waals surface area contributed by atoms with Gasteiger partial charge in [0.1, 0.15) is 5.75 Å². The van der Waals surface area contributed by atoms with Crippen LogP contribution in [0, 0.1) is 0 Å². The van der Waals surface area contributed by atoms with E-state index in [1.165, 1.54) is 16.8 Å². The van der Waals surface area contributed by atoms with E-state index < -0.39 is 0 Å². The first-order valence-electron chi connectivity index (χ1n) is 8.94. The van der Waals surface area contributed by atoms with E-state index in [1.807, 2.05) is 18.2 Å².